The molecule has 0 amide bonds. The molecule has 0 aliphatic carbocycles. The smallest absolute Gasteiger partial charge is 0.0856 e. The number of likely N-dealkylation sites (tertiary alicyclic amines) is 2. The van der Waals surface area contributed by atoms with Gasteiger partial charge in [-0.05, 0) is 72.6 Å². The molecule has 0 radical (unpaired) electrons. The molecule has 1 atom stereocenters. The molecular formula is C19H36N4. The zero-order chi connectivity index (χ0) is 16.9. The van der Waals surface area contributed by atoms with E-state index in [1.165, 1.54) is 38.8 Å². The van der Waals surface area contributed by atoms with E-state index in [-0.39, 0.29) is 11.1 Å². The number of aliphatic imine (C=N–C) groups is 2. The maximum absolute atomic E-state index is 4.90. The van der Waals surface area contributed by atoms with Crippen LogP contribution in [0.1, 0.15) is 66.7 Å². The Labute approximate surface area is 143 Å². The Balaban J connectivity index is 1.79. The van der Waals surface area contributed by atoms with Gasteiger partial charge in [-0.15, -0.1) is 0 Å². The number of hydrogen-bond acceptors (Lipinski definition) is 2. The van der Waals surface area contributed by atoms with Crippen LogP contribution in [-0.4, -0.2) is 59.7 Å². The van der Waals surface area contributed by atoms with Crippen molar-refractivity contribution in [3.63, 3.8) is 0 Å². The fourth-order valence-electron chi connectivity index (χ4n) is 3.42. The third kappa shape index (κ3) is 6.92. The number of piperidine rings is 1. The minimum Gasteiger partial charge on any atom is -0.363 e. The summed E-state index contributed by atoms with van der Waals surface area (Å²) in [4.78, 5) is 14.3. The van der Waals surface area contributed by atoms with Crippen molar-refractivity contribution in [2.75, 3.05) is 26.2 Å². The summed E-state index contributed by atoms with van der Waals surface area (Å²) < 4.78 is 0. The van der Waals surface area contributed by atoms with Gasteiger partial charge in [-0.25, -0.2) is 0 Å². The van der Waals surface area contributed by atoms with Crippen LogP contribution in [0.5, 0.6) is 0 Å². The molecule has 0 spiro atoms. The molecule has 0 aromatic rings. The van der Waals surface area contributed by atoms with E-state index in [1.807, 2.05) is 0 Å². The van der Waals surface area contributed by atoms with Crippen LogP contribution < -0.4 is 0 Å². The van der Waals surface area contributed by atoms with E-state index in [0.717, 1.165) is 25.4 Å². The predicted molar refractivity (Wildman–Crippen MR) is 101 cm³/mol. The first-order chi connectivity index (χ1) is 10.7. The van der Waals surface area contributed by atoms with Gasteiger partial charge in [0.25, 0.3) is 0 Å². The SMILES string of the molecule is CC(C)(C)N=CN1CCC(CC(C)(C)N=CN2CCCCC2)C1. The van der Waals surface area contributed by atoms with E-state index in [9.17, 15) is 0 Å². The van der Waals surface area contributed by atoms with E-state index < -0.39 is 0 Å². The van der Waals surface area contributed by atoms with Crippen molar-refractivity contribution in [1.82, 2.24) is 9.80 Å². The third-order valence-corrected chi connectivity index (χ3v) is 4.67. The topological polar surface area (TPSA) is 31.2 Å². The minimum absolute atomic E-state index is 0.0239. The Morgan fingerprint density at radius 1 is 0.870 bits per heavy atom. The molecule has 2 heterocycles. The zero-order valence-electron chi connectivity index (χ0n) is 15.9. The van der Waals surface area contributed by atoms with E-state index in [4.69, 9.17) is 4.99 Å². The molecule has 4 heteroatoms. The molecule has 0 saturated carbocycles. The highest BCUT2D eigenvalue weighted by molar-refractivity contribution is 5.56. The molecular weight excluding hydrogens is 284 g/mol. The monoisotopic (exact) mass is 320 g/mol. The second kappa shape index (κ2) is 7.67. The summed E-state index contributed by atoms with van der Waals surface area (Å²) in [6.07, 6.45) is 10.6. The number of rotatable bonds is 5. The van der Waals surface area contributed by atoms with Crippen molar-refractivity contribution >= 4 is 12.7 Å². The number of hydrogen-bond donors (Lipinski definition) is 0. The highest BCUT2D eigenvalue weighted by Crippen LogP contribution is 2.27. The van der Waals surface area contributed by atoms with Gasteiger partial charge in [-0.3, -0.25) is 9.98 Å². The van der Waals surface area contributed by atoms with Gasteiger partial charge in [0.15, 0.2) is 0 Å². The first kappa shape index (κ1) is 18.3. The van der Waals surface area contributed by atoms with Crippen LogP contribution in [0.3, 0.4) is 0 Å². The maximum atomic E-state index is 4.90. The molecule has 132 valence electrons. The summed E-state index contributed by atoms with van der Waals surface area (Å²) in [6.45, 7) is 15.6. The van der Waals surface area contributed by atoms with Crippen molar-refractivity contribution in [1.29, 1.82) is 0 Å². The fraction of sp³-hybridized carbons (Fsp3) is 0.895. The van der Waals surface area contributed by atoms with Gasteiger partial charge in [0.1, 0.15) is 0 Å². The van der Waals surface area contributed by atoms with E-state index in [0.29, 0.717) is 0 Å². The van der Waals surface area contributed by atoms with Gasteiger partial charge >= 0.3 is 0 Å². The van der Waals surface area contributed by atoms with Crippen LogP contribution in [-0.2, 0) is 0 Å². The first-order valence-corrected chi connectivity index (χ1v) is 9.32. The zero-order valence-corrected chi connectivity index (χ0v) is 15.9. The molecule has 4 nitrogen and oxygen atoms in total. The lowest BCUT2D eigenvalue weighted by atomic mass is 9.90. The first-order valence-electron chi connectivity index (χ1n) is 9.32. The molecule has 2 aliphatic heterocycles. The lowest BCUT2D eigenvalue weighted by Gasteiger charge is -2.28. The summed E-state index contributed by atoms with van der Waals surface area (Å²) >= 11 is 0. The lowest BCUT2D eigenvalue weighted by molar-refractivity contribution is 0.335. The fourth-order valence-corrected chi connectivity index (χ4v) is 3.42. The van der Waals surface area contributed by atoms with Crippen molar-refractivity contribution in [2.45, 2.75) is 77.8 Å². The molecule has 2 rings (SSSR count). The average molecular weight is 321 g/mol. The van der Waals surface area contributed by atoms with Crippen molar-refractivity contribution < 1.29 is 0 Å². The number of nitrogens with zero attached hydrogens (tertiary/aromatic N) is 4. The van der Waals surface area contributed by atoms with Crippen LogP contribution in [0.4, 0.5) is 0 Å². The van der Waals surface area contributed by atoms with Crippen LogP contribution in [0.15, 0.2) is 9.98 Å². The Morgan fingerprint density at radius 3 is 2.17 bits per heavy atom. The molecule has 2 aliphatic rings. The van der Waals surface area contributed by atoms with Crippen molar-refractivity contribution in [3.05, 3.63) is 0 Å². The molecule has 0 aromatic carbocycles. The molecule has 23 heavy (non-hydrogen) atoms. The quantitative estimate of drug-likeness (QED) is 0.569. The summed E-state index contributed by atoms with van der Waals surface area (Å²) in [5.74, 6) is 0.731. The molecule has 0 N–H and O–H groups in total. The minimum atomic E-state index is 0.0239. The molecule has 2 saturated heterocycles. The van der Waals surface area contributed by atoms with E-state index >= 15 is 0 Å². The molecule has 0 bridgehead atoms. The summed E-state index contributed by atoms with van der Waals surface area (Å²) in [5.41, 5.74) is 0.0649. The van der Waals surface area contributed by atoms with Crippen LogP contribution in [0.2, 0.25) is 0 Å². The molecule has 1 unspecified atom stereocenters. The van der Waals surface area contributed by atoms with E-state index in [2.05, 4.69) is 62.1 Å². The van der Waals surface area contributed by atoms with Gasteiger partial charge in [-0.2, -0.15) is 0 Å². The van der Waals surface area contributed by atoms with Gasteiger partial charge in [0.2, 0.25) is 0 Å². The van der Waals surface area contributed by atoms with Crippen LogP contribution in [0.25, 0.3) is 0 Å². The largest absolute Gasteiger partial charge is 0.363 e. The van der Waals surface area contributed by atoms with Crippen LogP contribution >= 0.6 is 0 Å². The van der Waals surface area contributed by atoms with Gasteiger partial charge in [0, 0.05) is 26.2 Å². The van der Waals surface area contributed by atoms with Gasteiger partial charge < -0.3 is 9.80 Å². The summed E-state index contributed by atoms with van der Waals surface area (Å²) in [5, 5.41) is 0. The average Bonchev–Trinajstić information content (AvgIpc) is 2.90. The standard InChI is InChI=1S/C19H36N4/c1-18(2,3)20-15-23-12-9-17(14-23)13-19(4,5)21-16-22-10-7-6-8-11-22/h15-17H,6-14H2,1-5H3. The Morgan fingerprint density at radius 2 is 1.52 bits per heavy atom. The Hall–Kier alpha value is -1.06. The Bertz CT molecular complexity index is 414. The van der Waals surface area contributed by atoms with Crippen molar-refractivity contribution in [3.8, 4) is 0 Å². The molecule has 0 aromatic heterocycles. The van der Waals surface area contributed by atoms with E-state index in [1.54, 1.807) is 0 Å². The van der Waals surface area contributed by atoms with Gasteiger partial charge in [-0.1, -0.05) is 0 Å². The lowest BCUT2D eigenvalue weighted by Crippen LogP contribution is -2.31. The summed E-state index contributed by atoms with van der Waals surface area (Å²) in [7, 11) is 0. The second-order valence-corrected chi connectivity index (χ2v) is 8.92. The normalized spacial score (nSPS) is 24.3. The summed E-state index contributed by atoms with van der Waals surface area (Å²) in [6, 6.07) is 0. The highest BCUT2D eigenvalue weighted by Gasteiger charge is 2.28. The third-order valence-electron chi connectivity index (χ3n) is 4.67. The van der Waals surface area contributed by atoms with Gasteiger partial charge in [0.05, 0.1) is 23.8 Å². The molecule has 2 fully saturated rings. The van der Waals surface area contributed by atoms with Crippen LogP contribution in [0, 0.1) is 5.92 Å². The predicted octanol–water partition coefficient (Wildman–Crippen LogP) is 3.82. The Kier molecular flexibility index (Phi) is 6.10. The van der Waals surface area contributed by atoms with Crippen molar-refractivity contribution in [2.24, 2.45) is 15.9 Å². The second-order valence-electron chi connectivity index (χ2n) is 8.92. The maximum Gasteiger partial charge on any atom is 0.0856 e. The highest BCUT2D eigenvalue weighted by atomic mass is 15.2.